The predicted molar refractivity (Wildman–Crippen MR) is 90.8 cm³/mol. The van der Waals surface area contributed by atoms with Crippen molar-refractivity contribution in [2.45, 2.75) is 65.3 Å². The number of halogens is 1. The van der Waals surface area contributed by atoms with E-state index in [0.29, 0.717) is 5.88 Å². The molecule has 4 heteroatoms. The summed E-state index contributed by atoms with van der Waals surface area (Å²) in [6.45, 7) is 11.6. The van der Waals surface area contributed by atoms with Crippen LogP contribution < -0.4 is 0 Å². The maximum atomic E-state index is 5.80. The van der Waals surface area contributed by atoms with Gasteiger partial charge in [0.15, 0.2) is 0 Å². The van der Waals surface area contributed by atoms with Crippen LogP contribution in [0, 0.1) is 5.92 Å². The van der Waals surface area contributed by atoms with Crippen LogP contribution >= 0.6 is 22.9 Å². The van der Waals surface area contributed by atoms with Gasteiger partial charge in [0, 0.05) is 24.4 Å². The lowest BCUT2D eigenvalue weighted by Gasteiger charge is -2.31. The normalized spacial score (nSPS) is 12.0. The van der Waals surface area contributed by atoms with Crippen LogP contribution in [-0.2, 0) is 12.3 Å². The molecule has 0 saturated carbocycles. The molecule has 0 radical (unpaired) electrons. The van der Waals surface area contributed by atoms with Crippen molar-refractivity contribution < 1.29 is 0 Å². The number of aryl methyl sites for hydroxylation is 1. The van der Waals surface area contributed by atoms with Gasteiger partial charge >= 0.3 is 0 Å². The van der Waals surface area contributed by atoms with Gasteiger partial charge in [0.05, 0.1) is 16.6 Å². The summed E-state index contributed by atoms with van der Waals surface area (Å²) < 4.78 is 0. The highest BCUT2D eigenvalue weighted by Crippen LogP contribution is 2.16. The van der Waals surface area contributed by atoms with E-state index in [1.807, 2.05) is 0 Å². The Labute approximate surface area is 133 Å². The molecule has 20 heavy (non-hydrogen) atoms. The summed E-state index contributed by atoms with van der Waals surface area (Å²) in [5.41, 5.74) is 1.02. The summed E-state index contributed by atoms with van der Waals surface area (Å²) in [6, 6.07) is 0.729. The summed E-state index contributed by atoms with van der Waals surface area (Å²) in [7, 11) is 0. The third-order valence-corrected chi connectivity index (χ3v) is 4.86. The topological polar surface area (TPSA) is 16.1 Å². The number of alkyl halides is 1. The molecule has 0 aliphatic heterocycles. The number of hydrogen-bond donors (Lipinski definition) is 0. The van der Waals surface area contributed by atoms with E-state index in [2.05, 4.69) is 43.0 Å². The van der Waals surface area contributed by atoms with Gasteiger partial charge in [-0.1, -0.05) is 27.7 Å². The van der Waals surface area contributed by atoms with E-state index in [-0.39, 0.29) is 0 Å². The zero-order chi connectivity index (χ0) is 15.0. The maximum absolute atomic E-state index is 5.80. The van der Waals surface area contributed by atoms with E-state index in [1.165, 1.54) is 37.4 Å². The molecule has 0 fully saturated rings. The lowest BCUT2D eigenvalue weighted by Crippen LogP contribution is -2.38. The first-order valence-electron chi connectivity index (χ1n) is 7.83. The zero-order valence-corrected chi connectivity index (χ0v) is 14.9. The van der Waals surface area contributed by atoms with E-state index >= 15 is 0 Å². The highest BCUT2D eigenvalue weighted by molar-refractivity contribution is 7.09. The molecular formula is C16H29ClN2S. The summed E-state index contributed by atoms with van der Waals surface area (Å²) in [4.78, 5) is 7.21. The Kier molecular flexibility index (Phi) is 8.74. The molecule has 0 aliphatic carbocycles. The van der Waals surface area contributed by atoms with E-state index < -0.39 is 0 Å². The van der Waals surface area contributed by atoms with E-state index in [1.54, 1.807) is 11.3 Å². The van der Waals surface area contributed by atoms with Crippen LogP contribution in [0.4, 0.5) is 0 Å². The fraction of sp³-hybridized carbons (Fsp3) is 0.812. The van der Waals surface area contributed by atoms with Crippen molar-refractivity contribution in [2.24, 2.45) is 5.92 Å². The lowest BCUT2D eigenvalue weighted by molar-refractivity contribution is 0.164. The Morgan fingerprint density at radius 2 is 2.00 bits per heavy atom. The van der Waals surface area contributed by atoms with Gasteiger partial charge in [-0.25, -0.2) is 4.98 Å². The molecule has 0 aromatic carbocycles. The van der Waals surface area contributed by atoms with Crippen molar-refractivity contribution in [1.82, 2.24) is 9.88 Å². The highest BCUT2D eigenvalue weighted by Gasteiger charge is 2.16. The fourth-order valence-corrected chi connectivity index (χ4v) is 3.72. The molecule has 116 valence electrons. The SMILES string of the molecule is CCC(CC)N(CCCc1nc(CCl)cs1)CC(C)C. The molecule has 2 nitrogen and oxygen atoms in total. The quantitative estimate of drug-likeness (QED) is 0.567. The van der Waals surface area contributed by atoms with Crippen LogP contribution in [0.1, 0.15) is 57.7 Å². The Morgan fingerprint density at radius 3 is 2.50 bits per heavy atom. The zero-order valence-electron chi connectivity index (χ0n) is 13.4. The van der Waals surface area contributed by atoms with E-state index in [9.17, 15) is 0 Å². The van der Waals surface area contributed by atoms with Crippen molar-refractivity contribution >= 4 is 22.9 Å². The van der Waals surface area contributed by atoms with Crippen molar-refractivity contribution in [1.29, 1.82) is 0 Å². The largest absolute Gasteiger partial charge is 0.300 e. The lowest BCUT2D eigenvalue weighted by atomic mass is 10.1. The molecule has 0 N–H and O–H groups in total. The second-order valence-electron chi connectivity index (χ2n) is 5.83. The maximum Gasteiger partial charge on any atom is 0.0929 e. The van der Waals surface area contributed by atoms with Gasteiger partial charge in [0.25, 0.3) is 0 Å². The molecule has 0 bridgehead atoms. The predicted octanol–water partition coefficient (Wildman–Crippen LogP) is 4.96. The highest BCUT2D eigenvalue weighted by atomic mass is 35.5. The van der Waals surface area contributed by atoms with Gasteiger partial charge in [-0.15, -0.1) is 22.9 Å². The molecule has 0 unspecified atom stereocenters. The van der Waals surface area contributed by atoms with Crippen molar-refractivity contribution in [3.05, 3.63) is 16.1 Å². The van der Waals surface area contributed by atoms with Crippen molar-refractivity contribution in [2.75, 3.05) is 13.1 Å². The van der Waals surface area contributed by atoms with Crippen molar-refractivity contribution in [3.63, 3.8) is 0 Å². The number of nitrogens with zero attached hydrogens (tertiary/aromatic N) is 2. The minimum absolute atomic E-state index is 0.531. The number of hydrogen-bond acceptors (Lipinski definition) is 3. The molecular weight excluding hydrogens is 288 g/mol. The van der Waals surface area contributed by atoms with Crippen LogP contribution in [0.25, 0.3) is 0 Å². The van der Waals surface area contributed by atoms with Crippen LogP contribution in [0.2, 0.25) is 0 Å². The molecule has 1 aromatic rings. The smallest absolute Gasteiger partial charge is 0.0929 e. The fourth-order valence-electron chi connectivity index (χ4n) is 2.66. The molecule has 1 rings (SSSR count). The van der Waals surface area contributed by atoms with Crippen LogP contribution in [0.5, 0.6) is 0 Å². The number of rotatable bonds is 10. The third-order valence-electron chi connectivity index (χ3n) is 3.63. The second kappa shape index (κ2) is 9.75. The van der Waals surface area contributed by atoms with Crippen molar-refractivity contribution in [3.8, 4) is 0 Å². The Balaban J connectivity index is 2.44. The minimum Gasteiger partial charge on any atom is -0.300 e. The molecule has 0 atom stereocenters. The monoisotopic (exact) mass is 316 g/mol. The number of aromatic nitrogens is 1. The number of thiazole rings is 1. The first-order valence-corrected chi connectivity index (χ1v) is 9.25. The minimum atomic E-state index is 0.531. The van der Waals surface area contributed by atoms with Gasteiger partial charge in [-0.05, 0) is 31.7 Å². The Morgan fingerprint density at radius 1 is 1.30 bits per heavy atom. The molecule has 1 heterocycles. The molecule has 0 saturated heterocycles. The molecule has 0 spiro atoms. The third kappa shape index (κ3) is 6.11. The summed E-state index contributed by atoms with van der Waals surface area (Å²) >= 11 is 7.54. The van der Waals surface area contributed by atoms with Crippen LogP contribution in [0.15, 0.2) is 5.38 Å². The Bertz CT molecular complexity index is 361. The molecule has 0 amide bonds. The first kappa shape index (κ1) is 17.9. The van der Waals surface area contributed by atoms with Gasteiger partial charge in [-0.3, -0.25) is 0 Å². The molecule has 1 aromatic heterocycles. The average molecular weight is 317 g/mol. The van der Waals surface area contributed by atoms with E-state index in [0.717, 1.165) is 24.1 Å². The summed E-state index contributed by atoms with van der Waals surface area (Å²) in [5, 5.41) is 3.31. The second-order valence-corrected chi connectivity index (χ2v) is 7.04. The van der Waals surface area contributed by atoms with E-state index in [4.69, 9.17) is 11.6 Å². The van der Waals surface area contributed by atoms with Crippen LogP contribution in [-0.4, -0.2) is 29.0 Å². The summed E-state index contributed by atoms with van der Waals surface area (Å²) in [5.74, 6) is 1.27. The average Bonchev–Trinajstić information content (AvgIpc) is 2.87. The first-order chi connectivity index (χ1) is 9.60. The van der Waals surface area contributed by atoms with Gasteiger partial charge in [0.2, 0.25) is 0 Å². The van der Waals surface area contributed by atoms with Crippen LogP contribution in [0.3, 0.4) is 0 Å². The Hall–Kier alpha value is -0.120. The van der Waals surface area contributed by atoms with Gasteiger partial charge in [0.1, 0.15) is 0 Å². The standard InChI is InChI=1S/C16H29ClN2S/c1-5-15(6-2)19(11-13(3)4)9-7-8-16-18-14(10-17)12-20-16/h12-13,15H,5-11H2,1-4H3. The summed E-state index contributed by atoms with van der Waals surface area (Å²) in [6.07, 6.45) is 4.77. The van der Waals surface area contributed by atoms with Gasteiger partial charge in [-0.2, -0.15) is 0 Å². The van der Waals surface area contributed by atoms with Gasteiger partial charge < -0.3 is 4.90 Å². The molecule has 0 aliphatic rings.